The van der Waals surface area contributed by atoms with Crippen LogP contribution in [0.5, 0.6) is 0 Å². The lowest BCUT2D eigenvalue weighted by Crippen LogP contribution is -2.33. The number of aromatic nitrogens is 1. The SMILES string of the molecule is CCCc1cc(C(=O)N(CC)CCO)cc(Cl)n1. The van der Waals surface area contributed by atoms with Gasteiger partial charge in [-0.05, 0) is 25.5 Å². The summed E-state index contributed by atoms with van der Waals surface area (Å²) in [4.78, 5) is 18.0. The normalized spacial score (nSPS) is 10.4. The molecule has 4 nitrogen and oxygen atoms in total. The second kappa shape index (κ2) is 7.34. The number of halogens is 1. The van der Waals surface area contributed by atoms with Crippen LogP contribution in [-0.4, -0.2) is 40.6 Å². The average Bonchev–Trinajstić information content (AvgIpc) is 2.35. The molecule has 0 atom stereocenters. The molecule has 0 spiro atoms. The molecule has 1 amide bonds. The lowest BCUT2D eigenvalue weighted by atomic mass is 10.1. The number of nitrogens with zero attached hydrogens (tertiary/aromatic N) is 2. The fourth-order valence-corrected chi connectivity index (χ4v) is 1.99. The standard InChI is InChI=1S/C13H19ClN2O2/c1-3-5-11-8-10(9-12(14)15-11)13(18)16(4-2)6-7-17/h8-9,17H,3-7H2,1-2H3. The second-order valence-electron chi connectivity index (χ2n) is 4.03. The first-order valence-electron chi connectivity index (χ1n) is 6.19. The van der Waals surface area contributed by atoms with E-state index in [0.717, 1.165) is 18.5 Å². The van der Waals surface area contributed by atoms with E-state index in [1.807, 2.05) is 13.8 Å². The van der Waals surface area contributed by atoms with Gasteiger partial charge in [-0.3, -0.25) is 4.79 Å². The molecule has 1 aromatic rings. The summed E-state index contributed by atoms with van der Waals surface area (Å²) in [7, 11) is 0. The van der Waals surface area contributed by atoms with Gasteiger partial charge in [-0.1, -0.05) is 24.9 Å². The van der Waals surface area contributed by atoms with E-state index in [1.165, 1.54) is 0 Å². The summed E-state index contributed by atoms with van der Waals surface area (Å²) < 4.78 is 0. The molecule has 1 heterocycles. The highest BCUT2D eigenvalue weighted by molar-refractivity contribution is 6.29. The van der Waals surface area contributed by atoms with Gasteiger partial charge in [0.15, 0.2) is 0 Å². The van der Waals surface area contributed by atoms with E-state index >= 15 is 0 Å². The fourth-order valence-electron chi connectivity index (χ4n) is 1.77. The molecule has 0 unspecified atom stereocenters. The van der Waals surface area contributed by atoms with Crippen LogP contribution in [0.1, 0.15) is 36.3 Å². The molecular formula is C13H19ClN2O2. The van der Waals surface area contributed by atoms with E-state index in [4.69, 9.17) is 16.7 Å². The van der Waals surface area contributed by atoms with Crippen molar-refractivity contribution in [2.45, 2.75) is 26.7 Å². The van der Waals surface area contributed by atoms with E-state index in [9.17, 15) is 4.79 Å². The maximum atomic E-state index is 12.2. The van der Waals surface area contributed by atoms with Gasteiger partial charge in [0.1, 0.15) is 5.15 Å². The summed E-state index contributed by atoms with van der Waals surface area (Å²) >= 11 is 5.92. The summed E-state index contributed by atoms with van der Waals surface area (Å²) in [5, 5.41) is 9.26. The van der Waals surface area contributed by atoms with Crippen LogP contribution in [0.15, 0.2) is 12.1 Å². The molecule has 1 aromatic heterocycles. The van der Waals surface area contributed by atoms with Crippen LogP contribution in [0, 0.1) is 0 Å². The van der Waals surface area contributed by atoms with Gasteiger partial charge < -0.3 is 10.0 Å². The van der Waals surface area contributed by atoms with Crippen LogP contribution in [0.4, 0.5) is 0 Å². The number of aliphatic hydroxyl groups is 1. The predicted octanol–water partition coefficient (Wildman–Crippen LogP) is 2.14. The van der Waals surface area contributed by atoms with Gasteiger partial charge >= 0.3 is 0 Å². The molecule has 0 radical (unpaired) electrons. The molecule has 0 fully saturated rings. The van der Waals surface area contributed by atoms with Gasteiger partial charge in [-0.25, -0.2) is 4.98 Å². The summed E-state index contributed by atoms with van der Waals surface area (Å²) in [5.74, 6) is -0.117. The van der Waals surface area contributed by atoms with Crippen LogP contribution >= 0.6 is 11.6 Å². The molecule has 0 saturated heterocycles. The zero-order valence-electron chi connectivity index (χ0n) is 10.8. The lowest BCUT2D eigenvalue weighted by Gasteiger charge is -2.20. The minimum atomic E-state index is -0.117. The zero-order valence-corrected chi connectivity index (χ0v) is 11.6. The van der Waals surface area contributed by atoms with Crippen molar-refractivity contribution in [1.29, 1.82) is 0 Å². The third-order valence-corrected chi connectivity index (χ3v) is 2.83. The molecule has 18 heavy (non-hydrogen) atoms. The number of hydrogen-bond acceptors (Lipinski definition) is 3. The first-order valence-corrected chi connectivity index (χ1v) is 6.56. The van der Waals surface area contributed by atoms with Crippen molar-refractivity contribution in [2.75, 3.05) is 19.7 Å². The Labute approximate surface area is 113 Å². The molecule has 0 bridgehead atoms. The molecule has 0 saturated carbocycles. The third-order valence-electron chi connectivity index (χ3n) is 2.64. The smallest absolute Gasteiger partial charge is 0.254 e. The highest BCUT2D eigenvalue weighted by atomic mass is 35.5. The number of aliphatic hydroxyl groups excluding tert-OH is 1. The summed E-state index contributed by atoms with van der Waals surface area (Å²) in [6, 6.07) is 3.35. The molecule has 1 N–H and O–H groups in total. The van der Waals surface area contributed by atoms with Gasteiger partial charge in [0.25, 0.3) is 5.91 Å². The van der Waals surface area contributed by atoms with Crippen molar-refractivity contribution in [3.63, 3.8) is 0 Å². The van der Waals surface area contributed by atoms with Gasteiger partial charge in [-0.15, -0.1) is 0 Å². The Kier molecular flexibility index (Phi) is 6.09. The van der Waals surface area contributed by atoms with E-state index < -0.39 is 0 Å². The number of hydrogen-bond donors (Lipinski definition) is 1. The quantitative estimate of drug-likeness (QED) is 0.806. The Morgan fingerprint density at radius 2 is 2.17 bits per heavy atom. The van der Waals surface area contributed by atoms with Crippen LogP contribution < -0.4 is 0 Å². The number of carbonyl (C=O) groups is 1. The van der Waals surface area contributed by atoms with Crippen LogP contribution in [0.25, 0.3) is 0 Å². The number of likely N-dealkylation sites (N-methyl/N-ethyl adjacent to an activating group) is 1. The topological polar surface area (TPSA) is 53.4 Å². The van der Waals surface area contributed by atoms with E-state index in [2.05, 4.69) is 4.98 Å². The van der Waals surface area contributed by atoms with Crippen molar-refractivity contribution in [2.24, 2.45) is 0 Å². The van der Waals surface area contributed by atoms with E-state index in [-0.39, 0.29) is 12.5 Å². The maximum absolute atomic E-state index is 12.2. The average molecular weight is 271 g/mol. The summed E-state index contributed by atoms with van der Waals surface area (Å²) in [6.45, 7) is 4.78. The Morgan fingerprint density at radius 3 is 2.72 bits per heavy atom. The molecule has 0 aliphatic heterocycles. The van der Waals surface area contributed by atoms with Gasteiger partial charge in [0, 0.05) is 24.3 Å². The van der Waals surface area contributed by atoms with Crippen LogP contribution in [0.2, 0.25) is 5.15 Å². The second-order valence-corrected chi connectivity index (χ2v) is 4.42. The molecule has 1 rings (SSSR count). The largest absolute Gasteiger partial charge is 0.395 e. The Hall–Kier alpha value is -1.13. The van der Waals surface area contributed by atoms with E-state index in [1.54, 1.807) is 17.0 Å². The van der Waals surface area contributed by atoms with Crippen molar-refractivity contribution >= 4 is 17.5 Å². The molecule has 0 aromatic carbocycles. The number of pyridine rings is 1. The number of rotatable bonds is 6. The van der Waals surface area contributed by atoms with E-state index in [0.29, 0.717) is 23.8 Å². The third kappa shape index (κ3) is 3.96. The molecule has 100 valence electrons. The monoisotopic (exact) mass is 270 g/mol. The number of amides is 1. The first kappa shape index (κ1) is 14.9. The highest BCUT2D eigenvalue weighted by Gasteiger charge is 2.15. The molecule has 0 aliphatic carbocycles. The summed E-state index contributed by atoms with van der Waals surface area (Å²) in [6.07, 6.45) is 1.75. The fraction of sp³-hybridized carbons (Fsp3) is 0.538. The molecule has 0 aliphatic rings. The number of aryl methyl sites for hydroxylation is 1. The molecular weight excluding hydrogens is 252 g/mol. The maximum Gasteiger partial charge on any atom is 0.254 e. The Bertz CT molecular complexity index is 410. The Balaban J connectivity index is 2.96. The minimum Gasteiger partial charge on any atom is -0.395 e. The minimum absolute atomic E-state index is 0.0415. The van der Waals surface area contributed by atoms with Gasteiger partial charge in [0.05, 0.1) is 6.61 Å². The molecule has 5 heteroatoms. The lowest BCUT2D eigenvalue weighted by molar-refractivity contribution is 0.0731. The number of carbonyl (C=O) groups excluding carboxylic acids is 1. The van der Waals surface area contributed by atoms with Crippen molar-refractivity contribution in [3.8, 4) is 0 Å². The van der Waals surface area contributed by atoms with Crippen LogP contribution in [-0.2, 0) is 6.42 Å². The van der Waals surface area contributed by atoms with Crippen LogP contribution in [0.3, 0.4) is 0 Å². The van der Waals surface area contributed by atoms with Crippen molar-refractivity contribution < 1.29 is 9.90 Å². The Morgan fingerprint density at radius 1 is 1.44 bits per heavy atom. The first-order chi connectivity index (χ1) is 8.62. The van der Waals surface area contributed by atoms with Crippen molar-refractivity contribution in [1.82, 2.24) is 9.88 Å². The predicted molar refractivity (Wildman–Crippen MR) is 71.9 cm³/mol. The van der Waals surface area contributed by atoms with Gasteiger partial charge in [0.2, 0.25) is 0 Å². The highest BCUT2D eigenvalue weighted by Crippen LogP contribution is 2.14. The summed E-state index contributed by atoms with van der Waals surface area (Å²) in [5.41, 5.74) is 1.36. The zero-order chi connectivity index (χ0) is 13.5. The van der Waals surface area contributed by atoms with Gasteiger partial charge in [-0.2, -0.15) is 0 Å². The van der Waals surface area contributed by atoms with Crippen molar-refractivity contribution in [3.05, 3.63) is 28.5 Å².